The summed E-state index contributed by atoms with van der Waals surface area (Å²) in [5.74, 6) is -1.73. The van der Waals surface area contributed by atoms with Crippen LogP contribution < -0.4 is 4.90 Å². The summed E-state index contributed by atoms with van der Waals surface area (Å²) in [5, 5.41) is 11.5. The Bertz CT molecular complexity index is 1190. The van der Waals surface area contributed by atoms with Crippen molar-refractivity contribution in [2.24, 2.45) is 0 Å². The summed E-state index contributed by atoms with van der Waals surface area (Å²) in [5.41, 5.74) is 3.44. The number of pyridine rings is 1. The van der Waals surface area contributed by atoms with Crippen LogP contribution in [0.15, 0.2) is 72.4 Å². The van der Waals surface area contributed by atoms with E-state index in [0.717, 1.165) is 11.1 Å². The van der Waals surface area contributed by atoms with Gasteiger partial charge < -0.3 is 5.11 Å². The number of benzene rings is 2. The number of amides is 1. The third-order valence-corrected chi connectivity index (χ3v) is 5.51. The van der Waals surface area contributed by atoms with E-state index in [1.54, 1.807) is 60.8 Å². The number of ketones is 1. The van der Waals surface area contributed by atoms with Gasteiger partial charge in [-0.15, -0.1) is 0 Å². The highest BCUT2D eigenvalue weighted by Crippen LogP contribution is 2.42. The van der Waals surface area contributed by atoms with Gasteiger partial charge in [-0.05, 0) is 61.4 Å². The van der Waals surface area contributed by atoms with E-state index in [9.17, 15) is 14.7 Å². The fourth-order valence-corrected chi connectivity index (χ4v) is 3.77. The van der Waals surface area contributed by atoms with Crippen molar-refractivity contribution in [3.05, 3.63) is 99.8 Å². The number of hydrogen-bond donors (Lipinski definition) is 1. The van der Waals surface area contributed by atoms with Crippen LogP contribution in [0.3, 0.4) is 0 Å². The molecule has 1 atom stereocenters. The first-order valence-electron chi connectivity index (χ1n) is 9.43. The predicted octanol–water partition coefficient (Wildman–Crippen LogP) is 4.98. The average molecular weight is 419 g/mol. The fourth-order valence-electron chi connectivity index (χ4n) is 3.59. The van der Waals surface area contributed by atoms with E-state index < -0.39 is 17.7 Å². The van der Waals surface area contributed by atoms with Crippen molar-refractivity contribution in [3.63, 3.8) is 0 Å². The normalized spacial score (nSPS) is 18.1. The Morgan fingerprint density at radius 2 is 1.80 bits per heavy atom. The highest BCUT2D eigenvalue weighted by atomic mass is 35.5. The second kappa shape index (κ2) is 7.76. The summed E-state index contributed by atoms with van der Waals surface area (Å²) in [6.45, 7) is 3.89. The van der Waals surface area contributed by atoms with Gasteiger partial charge in [0.25, 0.3) is 11.7 Å². The fraction of sp³-hybridized carbons (Fsp3) is 0.125. The largest absolute Gasteiger partial charge is 0.507 e. The van der Waals surface area contributed by atoms with E-state index in [1.807, 2.05) is 19.9 Å². The Hall–Kier alpha value is -3.44. The number of Topliss-reactive ketones (excluding diaryl/α,β-unsaturated/α-hetero) is 1. The van der Waals surface area contributed by atoms with Crippen LogP contribution in [0.5, 0.6) is 0 Å². The van der Waals surface area contributed by atoms with Crippen LogP contribution in [0, 0.1) is 13.8 Å². The molecule has 30 heavy (non-hydrogen) atoms. The molecule has 3 aromatic rings. The third-order valence-electron chi connectivity index (χ3n) is 5.28. The van der Waals surface area contributed by atoms with E-state index in [2.05, 4.69) is 4.98 Å². The van der Waals surface area contributed by atoms with Crippen LogP contribution in [0.2, 0.25) is 5.02 Å². The maximum absolute atomic E-state index is 13.1. The lowest BCUT2D eigenvalue weighted by molar-refractivity contribution is -0.132. The van der Waals surface area contributed by atoms with Gasteiger partial charge in [0.1, 0.15) is 11.8 Å². The maximum Gasteiger partial charge on any atom is 0.300 e. The van der Waals surface area contributed by atoms with Gasteiger partial charge in [-0.2, -0.15) is 0 Å². The molecule has 5 nitrogen and oxygen atoms in total. The molecule has 0 bridgehead atoms. The van der Waals surface area contributed by atoms with Crippen LogP contribution >= 0.6 is 11.6 Å². The highest BCUT2D eigenvalue weighted by molar-refractivity contribution is 6.51. The molecule has 1 N–H and O–H groups in total. The van der Waals surface area contributed by atoms with Crippen LogP contribution in [0.25, 0.3) is 5.76 Å². The van der Waals surface area contributed by atoms with Crippen molar-refractivity contribution in [3.8, 4) is 0 Å². The molecule has 0 aliphatic carbocycles. The maximum atomic E-state index is 13.1. The van der Waals surface area contributed by atoms with Crippen molar-refractivity contribution in [2.75, 3.05) is 4.90 Å². The lowest BCUT2D eigenvalue weighted by atomic mass is 9.96. The van der Waals surface area contributed by atoms with Gasteiger partial charge in [0, 0.05) is 22.5 Å². The Morgan fingerprint density at radius 1 is 1.00 bits per heavy atom. The molecule has 1 aliphatic heterocycles. The van der Waals surface area contributed by atoms with E-state index in [0.29, 0.717) is 22.0 Å². The lowest BCUT2D eigenvalue weighted by Crippen LogP contribution is -2.29. The molecule has 1 aromatic heterocycles. The standard InChI is InChI=1S/C24H19ClN2O3/c1-14-9-10-16(12-15(14)2)22(28)20-21(19-8-3-4-11-26-19)27(24(30)23(20)29)18-7-5-6-17(25)13-18/h3-13,21,28H,1-2H3/b22-20+. The van der Waals surface area contributed by atoms with Crippen molar-refractivity contribution in [2.45, 2.75) is 19.9 Å². The number of hydrogen-bond acceptors (Lipinski definition) is 4. The zero-order chi connectivity index (χ0) is 21.4. The van der Waals surface area contributed by atoms with Crippen LogP contribution in [-0.4, -0.2) is 21.8 Å². The topological polar surface area (TPSA) is 70.5 Å². The van der Waals surface area contributed by atoms with Gasteiger partial charge in [-0.25, -0.2) is 0 Å². The van der Waals surface area contributed by atoms with Crippen LogP contribution in [0.4, 0.5) is 5.69 Å². The van der Waals surface area contributed by atoms with Crippen molar-refractivity contribution >= 4 is 34.7 Å². The molecule has 0 saturated carbocycles. The smallest absolute Gasteiger partial charge is 0.300 e. The van der Waals surface area contributed by atoms with Gasteiger partial charge in [-0.1, -0.05) is 35.9 Å². The molecule has 0 radical (unpaired) electrons. The minimum atomic E-state index is -0.869. The first-order chi connectivity index (χ1) is 14.4. The molecule has 0 spiro atoms. The summed E-state index contributed by atoms with van der Waals surface area (Å²) in [4.78, 5) is 31.8. The monoisotopic (exact) mass is 418 g/mol. The SMILES string of the molecule is Cc1ccc(/C(O)=C2\C(=O)C(=O)N(c3cccc(Cl)c3)C2c2ccccn2)cc1C. The Labute approximate surface area is 179 Å². The number of anilines is 1. The van der Waals surface area contributed by atoms with Gasteiger partial charge >= 0.3 is 0 Å². The summed E-state index contributed by atoms with van der Waals surface area (Å²) < 4.78 is 0. The minimum Gasteiger partial charge on any atom is -0.507 e. The molecular formula is C24H19ClN2O3. The molecule has 1 saturated heterocycles. The van der Waals surface area contributed by atoms with E-state index >= 15 is 0 Å². The van der Waals surface area contributed by atoms with Gasteiger partial charge in [0.2, 0.25) is 0 Å². The number of nitrogens with zero attached hydrogens (tertiary/aromatic N) is 2. The Kier molecular flexibility index (Phi) is 5.14. The quantitative estimate of drug-likeness (QED) is 0.370. The first kappa shape index (κ1) is 19.9. The summed E-state index contributed by atoms with van der Waals surface area (Å²) >= 11 is 6.13. The highest BCUT2D eigenvalue weighted by Gasteiger charge is 2.47. The van der Waals surface area contributed by atoms with E-state index in [1.165, 1.54) is 4.90 Å². The lowest BCUT2D eigenvalue weighted by Gasteiger charge is -2.24. The predicted molar refractivity (Wildman–Crippen MR) is 116 cm³/mol. The molecule has 2 heterocycles. The zero-order valence-corrected chi connectivity index (χ0v) is 17.2. The van der Waals surface area contributed by atoms with Crippen LogP contribution in [-0.2, 0) is 9.59 Å². The summed E-state index contributed by atoms with van der Waals surface area (Å²) in [6.07, 6.45) is 1.59. The second-order valence-electron chi connectivity index (χ2n) is 7.20. The molecule has 1 unspecified atom stereocenters. The number of halogens is 1. The minimum absolute atomic E-state index is 0.00179. The number of aryl methyl sites for hydroxylation is 2. The summed E-state index contributed by atoms with van der Waals surface area (Å²) in [6, 6.07) is 16.5. The zero-order valence-electron chi connectivity index (χ0n) is 16.5. The van der Waals surface area contributed by atoms with E-state index in [4.69, 9.17) is 11.6 Å². The van der Waals surface area contributed by atoms with Crippen molar-refractivity contribution in [1.29, 1.82) is 0 Å². The molecule has 2 aromatic carbocycles. The number of carbonyl (C=O) groups excluding carboxylic acids is 2. The number of rotatable bonds is 3. The van der Waals surface area contributed by atoms with Gasteiger partial charge in [-0.3, -0.25) is 19.5 Å². The molecule has 1 amide bonds. The van der Waals surface area contributed by atoms with Gasteiger partial charge in [0.05, 0.1) is 11.3 Å². The third kappa shape index (κ3) is 3.37. The molecule has 6 heteroatoms. The second-order valence-corrected chi connectivity index (χ2v) is 7.64. The number of aliphatic hydroxyl groups is 1. The molecular weight excluding hydrogens is 400 g/mol. The Balaban J connectivity index is 1.95. The summed E-state index contributed by atoms with van der Waals surface area (Å²) in [7, 11) is 0. The number of carbonyl (C=O) groups is 2. The molecule has 4 rings (SSSR count). The van der Waals surface area contributed by atoms with Gasteiger partial charge in [0.15, 0.2) is 0 Å². The molecule has 1 fully saturated rings. The average Bonchev–Trinajstić information content (AvgIpc) is 3.01. The van der Waals surface area contributed by atoms with Crippen LogP contribution in [0.1, 0.15) is 28.4 Å². The number of aliphatic hydroxyl groups excluding tert-OH is 1. The molecule has 1 aliphatic rings. The first-order valence-corrected chi connectivity index (χ1v) is 9.81. The van der Waals surface area contributed by atoms with E-state index in [-0.39, 0.29) is 11.3 Å². The Morgan fingerprint density at radius 3 is 2.47 bits per heavy atom. The molecule has 150 valence electrons. The van der Waals surface area contributed by atoms with Crippen molar-refractivity contribution in [1.82, 2.24) is 4.98 Å². The van der Waals surface area contributed by atoms with Crippen molar-refractivity contribution < 1.29 is 14.7 Å². The number of aromatic nitrogens is 1.